The molecule has 10 atom stereocenters. The number of primary amides is 2. The number of halogens is 1. The van der Waals surface area contributed by atoms with E-state index in [9.17, 15) is 67.7 Å². The van der Waals surface area contributed by atoms with Crippen molar-refractivity contribution in [2.45, 2.75) is 205 Å². The highest BCUT2D eigenvalue weighted by atomic mass is 35.5. The second-order valence-electron chi connectivity index (χ2n) is 28.4. The number of nitrogens with two attached hydrogens (primary N) is 2. The van der Waals surface area contributed by atoms with Crippen molar-refractivity contribution in [2.24, 2.45) is 23.3 Å². The third kappa shape index (κ3) is 27.1. The number of amides is 12. The molecule has 15 N–H and O–H groups in total. The first-order valence-electron chi connectivity index (χ1n) is 36.1. The number of likely N-dealkylation sites (tertiary alicyclic amines) is 1. The monoisotopic (exact) mass is 1480 g/mol. The summed E-state index contributed by atoms with van der Waals surface area (Å²) in [6.45, 7) is 14.4. The maximum absolute atomic E-state index is 15.0. The summed E-state index contributed by atoms with van der Waals surface area (Å²) in [5.41, 5.74) is 14.4. The van der Waals surface area contributed by atoms with Crippen LogP contribution < -0.4 is 59.3 Å². The van der Waals surface area contributed by atoms with Crippen LogP contribution in [0.3, 0.4) is 0 Å². The summed E-state index contributed by atoms with van der Waals surface area (Å²) in [6.07, 6.45) is 4.52. The zero-order valence-electron chi connectivity index (χ0n) is 61.9. The van der Waals surface area contributed by atoms with E-state index in [0.717, 1.165) is 22.1 Å². The van der Waals surface area contributed by atoms with Crippen LogP contribution in [-0.2, 0) is 89.6 Å². The molecule has 106 heavy (non-hydrogen) atoms. The number of pyridine rings is 1. The number of fused-ring (bicyclic) bond motifs is 1. The lowest BCUT2D eigenvalue weighted by atomic mass is 9.97. The molecule has 0 saturated carbocycles. The van der Waals surface area contributed by atoms with Gasteiger partial charge in [-0.1, -0.05) is 120 Å². The number of phenols is 1. The van der Waals surface area contributed by atoms with Crippen LogP contribution in [0.4, 0.5) is 0 Å². The number of aromatic nitrogens is 1. The number of unbranched alkanes of at least 4 members (excludes halogenated alkanes) is 1. The van der Waals surface area contributed by atoms with E-state index >= 15 is 0 Å². The lowest BCUT2D eigenvalue weighted by Crippen LogP contribution is -2.62. The van der Waals surface area contributed by atoms with Crippen molar-refractivity contribution in [3.63, 3.8) is 0 Å². The highest BCUT2D eigenvalue weighted by Gasteiger charge is 2.41. The molecule has 6 rings (SSSR count). The van der Waals surface area contributed by atoms with E-state index in [4.69, 9.17) is 23.1 Å². The number of hydrogen-bond donors (Lipinski definition) is 13. The topological polar surface area (TPSA) is 425 Å². The van der Waals surface area contributed by atoms with Gasteiger partial charge in [-0.15, -0.1) is 0 Å². The number of nitrogens with zero attached hydrogens (tertiary/aromatic N) is 3. The van der Waals surface area contributed by atoms with Gasteiger partial charge < -0.3 is 79.3 Å². The summed E-state index contributed by atoms with van der Waals surface area (Å²) < 4.78 is 0. The Hall–Kier alpha value is -10.1. The van der Waals surface area contributed by atoms with E-state index in [1.165, 1.54) is 68.0 Å². The average Bonchev–Trinajstić information content (AvgIpc) is 1.32. The number of aliphatic hydroxyl groups is 1. The first-order chi connectivity index (χ1) is 50.3. The Balaban J connectivity index is 1.26. The molecule has 1 aliphatic heterocycles. The van der Waals surface area contributed by atoms with Crippen molar-refractivity contribution in [1.82, 2.24) is 62.6 Å². The number of likely N-dealkylation sites (N-methyl/N-ethyl adjacent to an activating group) is 1. The number of rotatable bonds is 41. The van der Waals surface area contributed by atoms with Gasteiger partial charge in [-0.2, -0.15) is 0 Å². The van der Waals surface area contributed by atoms with Crippen LogP contribution in [0.5, 0.6) is 5.75 Å². The van der Waals surface area contributed by atoms with E-state index in [2.05, 4.69) is 72.7 Å². The Morgan fingerprint density at radius 1 is 0.566 bits per heavy atom. The molecule has 0 bridgehead atoms. The molecule has 29 heteroatoms. The van der Waals surface area contributed by atoms with E-state index in [-0.39, 0.29) is 69.2 Å². The number of aromatic hydroxyl groups is 1. The Morgan fingerprint density at radius 2 is 1.08 bits per heavy atom. The maximum Gasteiger partial charge on any atom is 0.247 e. The van der Waals surface area contributed by atoms with Gasteiger partial charge in [-0.05, 0) is 146 Å². The molecule has 5 aromatic rings. The molecule has 574 valence electrons. The summed E-state index contributed by atoms with van der Waals surface area (Å²) in [6, 6.07) is 13.2. The van der Waals surface area contributed by atoms with Gasteiger partial charge in [0, 0.05) is 69.7 Å². The van der Waals surface area contributed by atoms with E-state index in [1.54, 1.807) is 36.4 Å². The van der Waals surface area contributed by atoms with E-state index in [1.807, 2.05) is 58.0 Å². The quantitative estimate of drug-likeness (QED) is 0.0250. The fraction of sp³-hybridized carbons (Fsp3) is 0.494. The molecular formula is C77H105ClN14O14. The molecule has 0 radical (unpaired) electrons. The summed E-state index contributed by atoms with van der Waals surface area (Å²) in [5, 5.41) is 48.3. The van der Waals surface area contributed by atoms with Gasteiger partial charge in [-0.3, -0.25) is 62.5 Å². The molecule has 1 aliphatic rings. The van der Waals surface area contributed by atoms with Crippen LogP contribution in [0.1, 0.15) is 135 Å². The Kier molecular flexibility index (Phi) is 33.3. The van der Waals surface area contributed by atoms with Gasteiger partial charge in [0.15, 0.2) is 0 Å². The number of nitrogens with one attached hydrogen (secondary N) is 9. The molecule has 0 spiro atoms. The zero-order chi connectivity index (χ0) is 77.9. The second-order valence-corrected chi connectivity index (χ2v) is 28.9. The average molecular weight is 1490 g/mol. The van der Waals surface area contributed by atoms with Gasteiger partial charge in [0.25, 0.3) is 0 Å². The molecule has 28 nitrogen and oxygen atoms in total. The van der Waals surface area contributed by atoms with Crippen LogP contribution in [0.2, 0.25) is 5.02 Å². The normalized spacial score (nSPS) is 15.3. The lowest BCUT2D eigenvalue weighted by molar-refractivity contribution is -0.144. The molecule has 12 amide bonds. The fourth-order valence-corrected chi connectivity index (χ4v) is 12.6. The molecule has 1 saturated heterocycles. The Labute approximate surface area is 624 Å². The van der Waals surface area contributed by atoms with Crippen molar-refractivity contribution in [3.05, 3.63) is 142 Å². The maximum atomic E-state index is 15.0. The summed E-state index contributed by atoms with van der Waals surface area (Å²) >= 11 is 6.26. The molecule has 2 heterocycles. The molecule has 0 aliphatic carbocycles. The SMILES string of the molecule is CC(=O)N[C@H](Cc1ccc2cc(CC(C)C)ccc2c1)C(=O)N[C@H](Cc1ccc(Cl)cc1)C(=O)N[C@H](Cc1cccnc1)C(=O)N[C@@H](CO)C(=O)N(C)[C@@H](Cc1ccc(O)cc1)C(=O)N[C@H](CC(N)=O)C(=O)N[C@@H](CCC(C)C)C(=O)N[C@@H](CCCCNC(C)C)C(=O)N1CCC[C@H]1C(=O)N[C@H](C)C(N)=O. The molecule has 1 aromatic heterocycles. The highest BCUT2D eigenvalue weighted by Crippen LogP contribution is 2.24. The largest absolute Gasteiger partial charge is 0.508 e. The summed E-state index contributed by atoms with van der Waals surface area (Å²) in [7, 11) is 1.19. The molecular weight excluding hydrogens is 1380 g/mol. The first kappa shape index (κ1) is 84.9. The summed E-state index contributed by atoms with van der Waals surface area (Å²) in [4.78, 5) is 176. The zero-order valence-corrected chi connectivity index (χ0v) is 62.6. The third-order valence-corrected chi connectivity index (χ3v) is 18.5. The van der Waals surface area contributed by atoms with Crippen LogP contribution in [0, 0.1) is 11.8 Å². The van der Waals surface area contributed by atoms with E-state index in [0.29, 0.717) is 65.4 Å². The highest BCUT2D eigenvalue weighted by molar-refractivity contribution is 6.30. The van der Waals surface area contributed by atoms with Crippen LogP contribution in [0.25, 0.3) is 10.8 Å². The van der Waals surface area contributed by atoms with Crippen molar-refractivity contribution in [2.75, 3.05) is 26.7 Å². The van der Waals surface area contributed by atoms with E-state index < -0.39 is 144 Å². The third-order valence-electron chi connectivity index (χ3n) is 18.2. The first-order valence-corrected chi connectivity index (χ1v) is 36.5. The predicted octanol–water partition coefficient (Wildman–Crippen LogP) is 2.76. The number of carbonyl (C=O) groups is 12. The number of phenolic OH excluding ortho intramolecular Hbond substituents is 1. The fourth-order valence-electron chi connectivity index (χ4n) is 12.4. The Morgan fingerprint density at radius 3 is 1.64 bits per heavy atom. The minimum absolute atomic E-state index is 0.000970. The standard InChI is InChI=1S/C77H105ClN14O14/c1-44(2)17-30-58(69(98)86-59(15-10-11-32-82-46(5)6)77(106)92-33-13-16-65(92)74(103)83-47(7)68(80)97)85-73(102)63(41-67(79)96)89-75(104)66(40-50-22-28-57(95)29-23-50)91(9)76(105)64(43-93)90-72(101)62(39-53-14-12-31-81-42-53)88-71(100)61(37-49-20-26-56(78)27-21-49)87-70(99)60(84-48(8)94)38-52-19-25-54-35-51(34-45(3)4)18-24-55(54)36-52/h12,14,18-29,31,35-36,42,44-47,58-66,82,93,95H,10-11,13,15-17,30,32-34,37-41,43H2,1-9H3,(H2,79,96)(H2,80,97)(H,83,103)(H,84,94)(H,85,102)(H,86,98)(H,87,99)(H,88,100)(H,89,104)(H,90,101)/t47-,58+,59+,60-,61-,62-,63-,64+,65+,66+/m1/s1. The van der Waals surface area contributed by atoms with Crippen molar-refractivity contribution in [1.29, 1.82) is 0 Å². The minimum Gasteiger partial charge on any atom is -0.508 e. The minimum atomic E-state index is -1.85. The number of benzene rings is 4. The van der Waals surface area contributed by atoms with Gasteiger partial charge in [0.1, 0.15) is 66.2 Å². The van der Waals surface area contributed by atoms with Crippen LogP contribution in [-0.4, -0.2) is 189 Å². The van der Waals surface area contributed by atoms with Gasteiger partial charge in [-0.25, -0.2) is 0 Å². The van der Waals surface area contributed by atoms with Gasteiger partial charge >= 0.3 is 0 Å². The predicted molar refractivity (Wildman–Crippen MR) is 400 cm³/mol. The van der Waals surface area contributed by atoms with Crippen LogP contribution >= 0.6 is 11.6 Å². The molecule has 4 aromatic carbocycles. The van der Waals surface area contributed by atoms with Crippen molar-refractivity contribution in [3.8, 4) is 5.75 Å². The smallest absolute Gasteiger partial charge is 0.247 e. The van der Waals surface area contributed by atoms with Crippen molar-refractivity contribution < 1.29 is 67.7 Å². The second kappa shape index (κ2) is 41.6. The Bertz CT molecular complexity index is 3850. The van der Waals surface area contributed by atoms with Crippen LogP contribution in [0.15, 0.2) is 109 Å². The van der Waals surface area contributed by atoms with Crippen molar-refractivity contribution >= 4 is 93.3 Å². The van der Waals surface area contributed by atoms with Gasteiger partial charge in [0.2, 0.25) is 70.9 Å². The molecule has 0 unspecified atom stereocenters. The summed E-state index contributed by atoms with van der Waals surface area (Å²) in [5.74, 6) is -9.85. The number of carbonyl (C=O) groups excluding carboxylic acids is 12. The number of aliphatic hydroxyl groups excluding tert-OH is 1. The lowest BCUT2D eigenvalue weighted by Gasteiger charge is -2.32. The number of hydrogen-bond acceptors (Lipinski definition) is 16. The molecule has 1 fully saturated rings. The van der Waals surface area contributed by atoms with Gasteiger partial charge in [0.05, 0.1) is 13.0 Å².